The topological polar surface area (TPSA) is 24.7 Å². The molecule has 11 heavy (non-hydrogen) atoms. The molecule has 1 aliphatic carbocycles. The zero-order valence-electron chi connectivity index (χ0n) is 6.27. The van der Waals surface area contributed by atoms with Gasteiger partial charge in [-0.15, -0.1) is 0 Å². The zero-order chi connectivity index (χ0) is 7.94. The SMILES string of the molecule is C=N/N=C\C=C1\C=CC=CC1. The van der Waals surface area contributed by atoms with Gasteiger partial charge in [-0.05, 0) is 18.1 Å². The van der Waals surface area contributed by atoms with Gasteiger partial charge in [0.1, 0.15) is 0 Å². The maximum absolute atomic E-state index is 3.62. The maximum Gasteiger partial charge on any atom is 0.0498 e. The quantitative estimate of drug-likeness (QED) is 0.421. The van der Waals surface area contributed by atoms with E-state index in [9.17, 15) is 0 Å². The highest BCUT2D eigenvalue weighted by atomic mass is 15.2. The van der Waals surface area contributed by atoms with Crippen molar-refractivity contribution in [2.75, 3.05) is 0 Å². The third kappa shape index (κ3) is 2.76. The van der Waals surface area contributed by atoms with Crippen LogP contribution in [0.25, 0.3) is 0 Å². The van der Waals surface area contributed by atoms with Crippen LogP contribution < -0.4 is 0 Å². The molecule has 56 valence electrons. The molecule has 2 nitrogen and oxygen atoms in total. The van der Waals surface area contributed by atoms with E-state index >= 15 is 0 Å². The lowest BCUT2D eigenvalue weighted by atomic mass is 10.1. The van der Waals surface area contributed by atoms with Gasteiger partial charge in [0.15, 0.2) is 0 Å². The highest BCUT2D eigenvalue weighted by molar-refractivity contribution is 5.73. The summed E-state index contributed by atoms with van der Waals surface area (Å²) in [6.45, 7) is 3.23. The Morgan fingerprint density at radius 1 is 1.45 bits per heavy atom. The summed E-state index contributed by atoms with van der Waals surface area (Å²) in [6.07, 6.45) is 12.7. The molecule has 0 aromatic heterocycles. The van der Waals surface area contributed by atoms with Crippen molar-refractivity contribution < 1.29 is 0 Å². The van der Waals surface area contributed by atoms with Crippen LogP contribution in [0.5, 0.6) is 0 Å². The molecule has 0 aromatic carbocycles. The van der Waals surface area contributed by atoms with Crippen molar-refractivity contribution in [3.05, 3.63) is 36.0 Å². The fourth-order valence-corrected chi connectivity index (χ4v) is 0.830. The average Bonchev–Trinajstić information content (AvgIpc) is 2.07. The van der Waals surface area contributed by atoms with Crippen molar-refractivity contribution in [2.45, 2.75) is 6.42 Å². The molecule has 0 aliphatic heterocycles. The van der Waals surface area contributed by atoms with Crippen molar-refractivity contribution >= 4 is 12.9 Å². The van der Waals surface area contributed by atoms with E-state index in [1.807, 2.05) is 18.2 Å². The van der Waals surface area contributed by atoms with Gasteiger partial charge in [-0.25, -0.2) is 0 Å². The highest BCUT2D eigenvalue weighted by Crippen LogP contribution is 2.08. The molecule has 0 fully saturated rings. The predicted octanol–water partition coefficient (Wildman–Crippen LogP) is 2.12. The molecule has 0 radical (unpaired) electrons. The van der Waals surface area contributed by atoms with E-state index in [4.69, 9.17) is 0 Å². The molecule has 1 rings (SSSR count). The Labute approximate surface area is 66.3 Å². The number of rotatable bonds is 2. The lowest BCUT2D eigenvalue weighted by Crippen LogP contribution is -1.80. The van der Waals surface area contributed by atoms with E-state index in [-0.39, 0.29) is 0 Å². The zero-order valence-corrected chi connectivity index (χ0v) is 6.27. The van der Waals surface area contributed by atoms with Crippen LogP contribution in [-0.4, -0.2) is 12.9 Å². The van der Waals surface area contributed by atoms with Crippen LogP contribution in [0.1, 0.15) is 6.42 Å². The van der Waals surface area contributed by atoms with Crippen LogP contribution in [0.2, 0.25) is 0 Å². The predicted molar refractivity (Wildman–Crippen MR) is 49.0 cm³/mol. The van der Waals surface area contributed by atoms with Crippen LogP contribution in [0, 0.1) is 0 Å². The van der Waals surface area contributed by atoms with Crippen molar-refractivity contribution in [1.82, 2.24) is 0 Å². The third-order valence-electron chi connectivity index (χ3n) is 1.35. The van der Waals surface area contributed by atoms with E-state index in [1.165, 1.54) is 5.57 Å². The Morgan fingerprint density at radius 3 is 3.00 bits per heavy atom. The summed E-state index contributed by atoms with van der Waals surface area (Å²) in [5.41, 5.74) is 1.24. The monoisotopic (exact) mass is 146 g/mol. The minimum atomic E-state index is 0.972. The van der Waals surface area contributed by atoms with Crippen LogP contribution in [0.4, 0.5) is 0 Å². The molecular formula is C9H10N2. The van der Waals surface area contributed by atoms with Gasteiger partial charge in [-0.2, -0.15) is 10.2 Å². The largest absolute Gasteiger partial charge is 0.167 e. The van der Waals surface area contributed by atoms with E-state index in [0.29, 0.717) is 0 Å². The molecule has 0 atom stereocenters. The molecule has 0 saturated heterocycles. The van der Waals surface area contributed by atoms with Crippen molar-refractivity contribution in [3.63, 3.8) is 0 Å². The number of allylic oxidation sites excluding steroid dienone is 6. The Balaban J connectivity index is 2.53. The van der Waals surface area contributed by atoms with Crippen LogP contribution in [0.3, 0.4) is 0 Å². The first kappa shape index (κ1) is 7.66. The molecule has 0 heterocycles. The normalized spacial score (nSPS) is 19.8. The van der Waals surface area contributed by atoms with Gasteiger partial charge >= 0.3 is 0 Å². The summed E-state index contributed by atoms with van der Waals surface area (Å²) in [7, 11) is 0. The fourth-order valence-electron chi connectivity index (χ4n) is 0.830. The maximum atomic E-state index is 3.62. The Kier molecular flexibility index (Phi) is 3.06. The molecule has 0 N–H and O–H groups in total. The number of hydrogen-bond acceptors (Lipinski definition) is 2. The molecular weight excluding hydrogens is 136 g/mol. The van der Waals surface area contributed by atoms with Crippen LogP contribution >= 0.6 is 0 Å². The van der Waals surface area contributed by atoms with Gasteiger partial charge in [-0.3, -0.25) is 0 Å². The molecule has 0 spiro atoms. The summed E-state index contributed by atoms with van der Waals surface area (Å²) in [6, 6.07) is 0. The lowest BCUT2D eigenvalue weighted by molar-refractivity contribution is 1.25. The van der Waals surface area contributed by atoms with Gasteiger partial charge < -0.3 is 0 Å². The number of hydrogen-bond donors (Lipinski definition) is 0. The molecule has 0 amide bonds. The Morgan fingerprint density at radius 2 is 2.36 bits per heavy atom. The van der Waals surface area contributed by atoms with Gasteiger partial charge in [0.2, 0.25) is 0 Å². The molecule has 2 heteroatoms. The summed E-state index contributed by atoms with van der Waals surface area (Å²) < 4.78 is 0. The molecule has 0 aromatic rings. The van der Waals surface area contributed by atoms with E-state index in [2.05, 4.69) is 29.1 Å². The minimum Gasteiger partial charge on any atom is -0.167 e. The average molecular weight is 146 g/mol. The van der Waals surface area contributed by atoms with Crippen LogP contribution in [0.15, 0.2) is 46.2 Å². The van der Waals surface area contributed by atoms with Gasteiger partial charge in [0, 0.05) is 12.9 Å². The molecule has 0 unspecified atom stereocenters. The summed E-state index contributed by atoms with van der Waals surface area (Å²) in [5, 5.41) is 6.97. The number of nitrogens with zero attached hydrogens (tertiary/aromatic N) is 2. The smallest absolute Gasteiger partial charge is 0.0498 e. The highest BCUT2D eigenvalue weighted by Gasteiger charge is 1.89. The van der Waals surface area contributed by atoms with Crippen molar-refractivity contribution in [1.29, 1.82) is 0 Å². The first-order valence-corrected chi connectivity index (χ1v) is 3.45. The molecule has 0 saturated carbocycles. The van der Waals surface area contributed by atoms with Crippen LogP contribution in [-0.2, 0) is 0 Å². The van der Waals surface area contributed by atoms with Gasteiger partial charge in [0.25, 0.3) is 0 Å². The van der Waals surface area contributed by atoms with E-state index < -0.39 is 0 Å². The molecule has 1 aliphatic rings. The third-order valence-corrected chi connectivity index (χ3v) is 1.35. The van der Waals surface area contributed by atoms with Gasteiger partial charge in [-0.1, -0.05) is 24.3 Å². The second-order valence-electron chi connectivity index (χ2n) is 2.14. The van der Waals surface area contributed by atoms with Gasteiger partial charge in [0.05, 0.1) is 0 Å². The second kappa shape index (κ2) is 4.39. The first-order valence-electron chi connectivity index (χ1n) is 3.45. The summed E-state index contributed by atoms with van der Waals surface area (Å²) in [5.74, 6) is 0. The minimum absolute atomic E-state index is 0.972. The van der Waals surface area contributed by atoms with Crippen molar-refractivity contribution in [3.8, 4) is 0 Å². The summed E-state index contributed by atoms with van der Waals surface area (Å²) in [4.78, 5) is 0. The lowest BCUT2D eigenvalue weighted by Gasteiger charge is -1.97. The molecule has 0 bridgehead atoms. The second-order valence-corrected chi connectivity index (χ2v) is 2.14. The summed E-state index contributed by atoms with van der Waals surface area (Å²) >= 11 is 0. The Bertz CT molecular complexity index is 244. The fraction of sp³-hybridized carbons (Fsp3) is 0.111. The van der Waals surface area contributed by atoms with E-state index in [0.717, 1.165) is 6.42 Å². The Hall–Kier alpha value is -1.44. The standard InChI is InChI=1S/C9H10N2/c1-10-11-8-7-9-5-3-2-4-6-9/h2-5,7-8H,1,6H2/b9-7-,11-8-. The van der Waals surface area contributed by atoms with E-state index in [1.54, 1.807) is 6.21 Å². The first-order chi connectivity index (χ1) is 5.43. The van der Waals surface area contributed by atoms with Crippen molar-refractivity contribution in [2.24, 2.45) is 10.2 Å².